The summed E-state index contributed by atoms with van der Waals surface area (Å²) in [6.45, 7) is 5.88. The van der Waals surface area contributed by atoms with Crippen LogP contribution in [0, 0.1) is 0 Å². The lowest BCUT2D eigenvalue weighted by Crippen LogP contribution is -1.73. The second kappa shape index (κ2) is 4.39. The molecule has 0 aromatic heterocycles. The number of rotatable bonds is 2. The highest BCUT2D eigenvalue weighted by Crippen LogP contribution is 2.41. The molecule has 0 saturated carbocycles. The lowest BCUT2D eigenvalue weighted by Gasteiger charge is -1.96. The summed E-state index contributed by atoms with van der Waals surface area (Å²) in [5.41, 5.74) is 0.394. The van der Waals surface area contributed by atoms with Crippen LogP contribution >= 0.6 is 27.5 Å². The number of halogens is 1. The van der Waals surface area contributed by atoms with Crippen LogP contribution in [0.2, 0.25) is 6.82 Å². The second-order valence-electron chi connectivity index (χ2n) is 1.10. The Labute approximate surface area is 54.5 Å². The molecular formula is C3H9BIP. The molecule has 0 spiro atoms. The summed E-state index contributed by atoms with van der Waals surface area (Å²) in [7, 11) is 0. The van der Waals surface area contributed by atoms with Gasteiger partial charge >= 0.3 is 0 Å². The molecule has 0 bridgehead atoms. The van der Waals surface area contributed by atoms with Crippen molar-refractivity contribution in [1.82, 2.24) is 0 Å². The molecule has 0 radical (unpaired) electrons. The highest BCUT2D eigenvalue weighted by molar-refractivity contribution is 14.2. The molecule has 0 fully saturated rings. The van der Waals surface area contributed by atoms with Crippen molar-refractivity contribution in [1.29, 1.82) is 0 Å². The molecule has 3 heteroatoms. The molecule has 0 saturated heterocycles. The maximum atomic E-state index is 2.53. The average molecular weight is 214 g/mol. The smallest absolute Gasteiger partial charge is 0.0841 e. The van der Waals surface area contributed by atoms with Crippen LogP contribution in [0.15, 0.2) is 0 Å². The summed E-state index contributed by atoms with van der Waals surface area (Å²) in [6, 6.07) is 0. The van der Waals surface area contributed by atoms with E-state index in [4.69, 9.17) is 0 Å². The first-order valence-electron chi connectivity index (χ1n) is 2.22. The summed E-state index contributed by atoms with van der Waals surface area (Å²) in [5.74, 6) is 0. The Kier molecular flexibility index (Phi) is 5.28. The first kappa shape index (κ1) is 7.22. The molecule has 0 heterocycles. The molecule has 1 unspecified atom stereocenters. The summed E-state index contributed by atoms with van der Waals surface area (Å²) in [4.78, 5) is 0. The minimum absolute atomic E-state index is 0.394. The van der Waals surface area contributed by atoms with Crippen molar-refractivity contribution in [2.24, 2.45) is 0 Å². The lowest BCUT2D eigenvalue weighted by molar-refractivity contribution is 1.53. The molecule has 0 rings (SSSR count). The van der Waals surface area contributed by atoms with E-state index in [1.54, 1.807) is 0 Å². The van der Waals surface area contributed by atoms with Crippen LogP contribution in [0.4, 0.5) is 0 Å². The molecule has 1 atom stereocenters. The molecule has 0 N–H and O–H groups in total. The molecule has 0 nitrogen and oxygen atoms in total. The van der Waals surface area contributed by atoms with Gasteiger partial charge in [0, 0.05) is 0 Å². The Bertz CT molecular complexity index is 30.0. The van der Waals surface area contributed by atoms with Crippen LogP contribution in [0.25, 0.3) is 0 Å². The standard InChI is InChI=1S/C3H9BIP/c1-3-6(5)4-2/h4H,3H2,1-2H3. The van der Waals surface area contributed by atoms with Gasteiger partial charge in [-0.25, -0.2) is 0 Å². The molecule has 0 amide bonds. The van der Waals surface area contributed by atoms with E-state index in [1.807, 2.05) is 0 Å². The van der Waals surface area contributed by atoms with Crippen molar-refractivity contribution >= 4 is 34.5 Å². The van der Waals surface area contributed by atoms with Gasteiger partial charge in [-0.15, -0.1) is 0 Å². The van der Waals surface area contributed by atoms with Crippen molar-refractivity contribution in [3.8, 4) is 0 Å². The highest BCUT2D eigenvalue weighted by Gasteiger charge is 1.92. The van der Waals surface area contributed by atoms with Crippen molar-refractivity contribution in [2.75, 3.05) is 6.16 Å². The van der Waals surface area contributed by atoms with Crippen molar-refractivity contribution in [2.45, 2.75) is 13.7 Å². The van der Waals surface area contributed by atoms with E-state index < -0.39 is 0 Å². The molecule has 0 aliphatic heterocycles. The monoisotopic (exact) mass is 214 g/mol. The van der Waals surface area contributed by atoms with Crippen LogP contribution in [0.1, 0.15) is 6.92 Å². The average Bonchev–Trinajstić information content (AvgIpc) is 1.65. The van der Waals surface area contributed by atoms with Crippen LogP contribution in [0.5, 0.6) is 0 Å². The molecule has 36 valence electrons. The van der Waals surface area contributed by atoms with Gasteiger partial charge in [-0.3, -0.25) is 0 Å². The Hall–Kier alpha value is 1.22. The Morgan fingerprint density at radius 1 is 1.83 bits per heavy atom. The van der Waals surface area contributed by atoms with E-state index in [-0.39, 0.29) is 0 Å². The van der Waals surface area contributed by atoms with Crippen LogP contribution in [-0.2, 0) is 0 Å². The topological polar surface area (TPSA) is 0 Å². The highest BCUT2D eigenvalue weighted by atomic mass is 127. The van der Waals surface area contributed by atoms with E-state index in [0.717, 1.165) is 0 Å². The Balaban J connectivity index is 2.75. The van der Waals surface area contributed by atoms with Gasteiger partial charge in [-0.05, 0) is 6.16 Å². The quantitative estimate of drug-likeness (QED) is 0.375. The van der Waals surface area contributed by atoms with Crippen molar-refractivity contribution in [3.63, 3.8) is 0 Å². The molecule has 0 aliphatic carbocycles. The van der Waals surface area contributed by atoms with Gasteiger partial charge in [0.2, 0.25) is 0 Å². The Morgan fingerprint density at radius 3 is 2.33 bits per heavy atom. The first-order chi connectivity index (χ1) is 2.81. The van der Waals surface area contributed by atoms with E-state index in [2.05, 4.69) is 35.8 Å². The molecular weight excluding hydrogens is 205 g/mol. The van der Waals surface area contributed by atoms with Crippen LogP contribution < -0.4 is 0 Å². The van der Waals surface area contributed by atoms with Gasteiger partial charge in [0.25, 0.3) is 0 Å². The summed E-state index contributed by atoms with van der Waals surface area (Å²) >= 11 is 2.53. The fourth-order valence-electron chi connectivity index (χ4n) is 0.224. The third-order valence-corrected chi connectivity index (χ3v) is 6.15. The predicted octanol–water partition coefficient (Wildman–Crippen LogP) is 2.24. The summed E-state index contributed by atoms with van der Waals surface area (Å²) in [5, 5.41) is 0. The normalized spacial score (nSPS) is 13.8. The van der Waals surface area contributed by atoms with Crippen LogP contribution in [-0.4, -0.2) is 13.2 Å². The fourth-order valence-corrected chi connectivity index (χ4v) is 0.671. The van der Waals surface area contributed by atoms with Gasteiger partial charge in [-0.1, -0.05) is 41.2 Å². The number of hydrogen-bond donors (Lipinski definition) is 0. The zero-order valence-electron chi connectivity index (χ0n) is 4.24. The van der Waals surface area contributed by atoms with Gasteiger partial charge < -0.3 is 0 Å². The van der Waals surface area contributed by atoms with Gasteiger partial charge in [0.1, 0.15) is 0 Å². The summed E-state index contributed by atoms with van der Waals surface area (Å²) in [6.07, 6.45) is 1.38. The van der Waals surface area contributed by atoms with Gasteiger partial charge in [0.05, 0.1) is 0 Å². The Morgan fingerprint density at radius 2 is 2.33 bits per heavy atom. The first-order valence-corrected chi connectivity index (χ1v) is 6.71. The lowest BCUT2D eigenvalue weighted by atomic mass is 10.2. The largest absolute Gasteiger partial charge is 0.162 e. The predicted molar refractivity (Wildman–Crippen MR) is 44.5 cm³/mol. The second-order valence-corrected chi connectivity index (χ2v) is 7.38. The fraction of sp³-hybridized carbons (Fsp3) is 1.00. The van der Waals surface area contributed by atoms with Gasteiger partial charge in [-0.2, -0.15) is 0 Å². The van der Waals surface area contributed by atoms with Crippen molar-refractivity contribution in [3.05, 3.63) is 0 Å². The summed E-state index contributed by atoms with van der Waals surface area (Å²) < 4.78 is 0. The maximum absolute atomic E-state index is 2.53. The van der Waals surface area contributed by atoms with E-state index in [1.165, 1.54) is 13.2 Å². The number of hydrogen-bond acceptors (Lipinski definition) is 0. The minimum atomic E-state index is 0.394. The third kappa shape index (κ3) is 3.42. The zero-order valence-corrected chi connectivity index (χ0v) is 7.29. The minimum Gasteiger partial charge on any atom is -0.0841 e. The molecule has 6 heavy (non-hydrogen) atoms. The molecule has 0 aliphatic rings. The van der Waals surface area contributed by atoms with E-state index in [0.29, 0.717) is 5.44 Å². The van der Waals surface area contributed by atoms with Crippen LogP contribution in [0.3, 0.4) is 0 Å². The zero-order chi connectivity index (χ0) is 4.99. The SMILES string of the molecule is CBP(I)CC. The molecule has 0 aromatic rings. The third-order valence-electron chi connectivity index (χ3n) is 0.686. The molecule has 0 aromatic carbocycles. The van der Waals surface area contributed by atoms with E-state index >= 15 is 0 Å². The van der Waals surface area contributed by atoms with E-state index in [9.17, 15) is 0 Å². The van der Waals surface area contributed by atoms with Crippen molar-refractivity contribution < 1.29 is 0 Å². The maximum Gasteiger partial charge on any atom is 0.162 e. The van der Waals surface area contributed by atoms with Gasteiger partial charge in [0.15, 0.2) is 7.00 Å².